The Morgan fingerprint density at radius 1 is 0.775 bits per heavy atom. The van der Waals surface area contributed by atoms with Gasteiger partial charge in [-0.25, -0.2) is 9.59 Å². The van der Waals surface area contributed by atoms with Gasteiger partial charge in [-0.1, -0.05) is 72.8 Å². The number of para-hydroxylation sites is 2. The quantitative estimate of drug-likeness (QED) is 0.0976. The van der Waals surface area contributed by atoms with Crippen LogP contribution in [0.1, 0.15) is 34.3 Å². The van der Waals surface area contributed by atoms with Gasteiger partial charge in [-0.15, -0.1) is 0 Å². The average molecular weight is 539 g/mol. The molecule has 4 aromatic carbocycles. The molecular formula is C33H34N2O5. The first-order chi connectivity index (χ1) is 19.6. The van der Waals surface area contributed by atoms with Crippen molar-refractivity contribution in [2.24, 2.45) is 0 Å². The van der Waals surface area contributed by atoms with Crippen molar-refractivity contribution in [1.29, 1.82) is 0 Å². The van der Waals surface area contributed by atoms with Crippen LogP contribution in [0.5, 0.6) is 11.5 Å². The van der Waals surface area contributed by atoms with E-state index in [1.165, 1.54) is 5.56 Å². The zero-order valence-electron chi connectivity index (χ0n) is 22.3. The van der Waals surface area contributed by atoms with E-state index < -0.39 is 18.0 Å². The summed E-state index contributed by atoms with van der Waals surface area (Å²) in [5.74, 6) is -0.425. The molecular weight excluding hydrogens is 504 g/mol. The highest BCUT2D eigenvalue weighted by Crippen LogP contribution is 2.26. The number of esters is 1. The third-order valence-electron chi connectivity index (χ3n) is 6.31. The summed E-state index contributed by atoms with van der Waals surface area (Å²) in [5.41, 5.74) is 3.13. The topological polar surface area (TPSA) is 96.9 Å². The molecule has 0 spiro atoms. The first kappa shape index (κ1) is 28.4. The van der Waals surface area contributed by atoms with Crippen molar-refractivity contribution in [2.45, 2.75) is 31.8 Å². The zero-order valence-corrected chi connectivity index (χ0v) is 22.3. The molecule has 1 atom stereocenters. The number of hydrogen-bond donors (Lipinski definition) is 3. The predicted octanol–water partition coefficient (Wildman–Crippen LogP) is 5.96. The van der Waals surface area contributed by atoms with Crippen molar-refractivity contribution in [2.75, 3.05) is 18.5 Å². The van der Waals surface area contributed by atoms with Crippen LogP contribution in [0, 0.1) is 0 Å². The van der Waals surface area contributed by atoms with Gasteiger partial charge in [-0.2, -0.15) is 0 Å². The number of nitrogens with one attached hydrogen (secondary N) is 2. The molecule has 0 aromatic heterocycles. The molecule has 4 aromatic rings. The largest absolute Gasteiger partial charge is 0.494 e. The van der Waals surface area contributed by atoms with Gasteiger partial charge < -0.3 is 25.2 Å². The summed E-state index contributed by atoms with van der Waals surface area (Å²) < 4.78 is 11.4. The highest BCUT2D eigenvalue weighted by molar-refractivity contribution is 5.92. The maximum atomic E-state index is 12.5. The summed E-state index contributed by atoms with van der Waals surface area (Å²) >= 11 is 0. The minimum absolute atomic E-state index is 0.277. The number of rotatable bonds is 15. The molecule has 0 bridgehead atoms. The fourth-order valence-electron chi connectivity index (χ4n) is 4.13. The normalized spacial score (nSPS) is 11.4. The number of carboxylic acids is 1. The maximum absolute atomic E-state index is 12.5. The second-order valence-corrected chi connectivity index (χ2v) is 9.33. The third kappa shape index (κ3) is 8.99. The van der Waals surface area contributed by atoms with E-state index in [2.05, 4.69) is 22.8 Å². The Hall–Kier alpha value is -4.62. The Labute approximate surface area is 234 Å². The Morgan fingerprint density at radius 2 is 1.45 bits per heavy atom. The first-order valence-corrected chi connectivity index (χ1v) is 13.4. The van der Waals surface area contributed by atoms with Gasteiger partial charge >= 0.3 is 11.9 Å². The minimum Gasteiger partial charge on any atom is -0.494 e. The van der Waals surface area contributed by atoms with Crippen molar-refractivity contribution in [1.82, 2.24) is 5.32 Å². The minimum atomic E-state index is -0.981. The fourth-order valence-corrected chi connectivity index (χ4v) is 4.13. The molecule has 0 aliphatic carbocycles. The lowest BCUT2D eigenvalue weighted by Crippen LogP contribution is -2.30. The molecule has 0 aliphatic heterocycles. The zero-order chi connectivity index (χ0) is 28.0. The van der Waals surface area contributed by atoms with E-state index >= 15 is 0 Å². The first-order valence-electron chi connectivity index (χ1n) is 13.4. The van der Waals surface area contributed by atoms with Gasteiger partial charge in [0.2, 0.25) is 0 Å². The molecule has 4 rings (SSSR count). The van der Waals surface area contributed by atoms with E-state index in [0.717, 1.165) is 30.8 Å². The average Bonchev–Trinajstić information content (AvgIpc) is 2.99. The molecule has 1 unspecified atom stereocenters. The van der Waals surface area contributed by atoms with Crippen LogP contribution in [0.25, 0.3) is 0 Å². The number of carbonyl (C=O) groups excluding carboxylic acids is 1. The van der Waals surface area contributed by atoms with Crippen molar-refractivity contribution < 1.29 is 24.2 Å². The molecule has 3 N–H and O–H groups in total. The second kappa shape index (κ2) is 15.1. The molecule has 7 heteroatoms. The van der Waals surface area contributed by atoms with Gasteiger partial charge in [-0.05, 0) is 73.3 Å². The van der Waals surface area contributed by atoms with Crippen LogP contribution in [0.3, 0.4) is 0 Å². The second-order valence-electron chi connectivity index (χ2n) is 9.33. The van der Waals surface area contributed by atoms with Gasteiger partial charge in [0, 0.05) is 6.54 Å². The molecule has 206 valence electrons. The van der Waals surface area contributed by atoms with Crippen molar-refractivity contribution in [3.8, 4) is 11.5 Å². The Bertz CT molecular complexity index is 1340. The third-order valence-corrected chi connectivity index (χ3v) is 6.31. The van der Waals surface area contributed by atoms with Crippen molar-refractivity contribution in [3.63, 3.8) is 0 Å². The number of ether oxygens (including phenoxy) is 2. The van der Waals surface area contributed by atoms with Crippen LogP contribution in [0.4, 0.5) is 5.69 Å². The molecule has 0 radical (unpaired) electrons. The summed E-state index contributed by atoms with van der Waals surface area (Å²) in [6, 6.07) is 32.6. The van der Waals surface area contributed by atoms with Crippen molar-refractivity contribution in [3.05, 3.63) is 126 Å². The summed E-state index contributed by atoms with van der Waals surface area (Å²) in [6.07, 6.45) is 1.80. The lowest BCUT2D eigenvalue weighted by molar-refractivity contribution is -0.138. The van der Waals surface area contributed by atoms with E-state index in [9.17, 15) is 14.7 Å². The smallest absolute Gasteiger partial charge is 0.343 e. The number of carboxylic acid groups (broad SMARTS) is 1. The van der Waals surface area contributed by atoms with Gasteiger partial charge in [0.1, 0.15) is 11.8 Å². The summed E-state index contributed by atoms with van der Waals surface area (Å²) in [5, 5.41) is 16.3. The lowest BCUT2D eigenvalue weighted by Gasteiger charge is -2.18. The lowest BCUT2D eigenvalue weighted by atomic mass is 10.0. The molecule has 0 saturated carbocycles. The Balaban J connectivity index is 1.23. The van der Waals surface area contributed by atoms with Crippen LogP contribution in [0.2, 0.25) is 0 Å². The highest BCUT2D eigenvalue weighted by Gasteiger charge is 2.20. The fraction of sp³-hybridized carbons (Fsp3) is 0.212. The maximum Gasteiger partial charge on any atom is 0.343 e. The van der Waals surface area contributed by atoms with Crippen LogP contribution in [-0.2, 0) is 17.8 Å². The molecule has 0 aliphatic rings. The molecule has 0 saturated heterocycles. The Kier molecular flexibility index (Phi) is 10.7. The van der Waals surface area contributed by atoms with E-state index in [-0.39, 0.29) is 5.75 Å². The Morgan fingerprint density at radius 3 is 2.17 bits per heavy atom. The van der Waals surface area contributed by atoms with E-state index in [0.29, 0.717) is 30.7 Å². The summed E-state index contributed by atoms with van der Waals surface area (Å²) in [4.78, 5) is 24.5. The van der Waals surface area contributed by atoms with E-state index in [1.54, 1.807) is 48.5 Å². The monoisotopic (exact) mass is 538 g/mol. The predicted molar refractivity (Wildman–Crippen MR) is 156 cm³/mol. The number of hydrogen-bond acceptors (Lipinski definition) is 6. The number of benzene rings is 4. The van der Waals surface area contributed by atoms with Crippen LogP contribution in [-0.4, -0.2) is 36.2 Å². The molecule has 40 heavy (non-hydrogen) atoms. The molecule has 7 nitrogen and oxygen atoms in total. The molecule has 0 fully saturated rings. The molecule has 0 heterocycles. The van der Waals surface area contributed by atoms with Gasteiger partial charge in [0.25, 0.3) is 0 Å². The van der Waals surface area contributed by atoms with Crippen molar-refractivity contribution >= 4 is 17.6 Å². The SMILES string of the molecule is O=C(Oc1ccccc1NC(CCc1ccc(OCCCNCc2ccccc2)cc1)C(=O)O)c1ccccc1. The van der Waals surface area contributed by atoms with Gasteiger partial charge in [0.15, 0.2) is 5.75 Å². The number of aliphatic carboxylic acids is 1. The van der Waals surface area contributed by atoms with Gasteiger partial charge in [0.05, 0.1) is 17.9 Å². The number of anilines is 1. The number of carbonyl (C=O) groups is 2. The highest BCUT2D eigenvalue weighted by atomic mass is 16.5. The van der Waals surface area contributed by atoms with Crippen LogP contribution in [0.15, 0.2) is 109 Å². The molecule has 0 amide bonds. The van der Waals surface area contributed by atoms with E-state index in [4.69, 9.17) is 9.47 Å². The standard InChI is InChI=1S/C33H34N2O5/c36-32(37)30(35-29-14-7-8-15-31(29)40-33(38)27-12-5-2-6-13-27)21-18-25-16-19-28(20-17-25)39-23-9-22-34-24-26-10-3-1-4-11-26/h1-8,10-17,19-20,30,34-35H,9,18,21-24H2,(H,36,37). The summed E-state index contributed by atoms with van der Waals surface area (Å²) in [6.45, 7) is 2.32. The van der Waals surface area contributed by atoms with Crippen LogP contribution < -0.4 is 20.1 Å². The van der Waals surface area contributed by atoms with Crippen LogP contribution >= 0.6 is 0 Å². The van der Waals surface area contributed by atoms with Gasteiger partial charge in [-0.3, -0.25) is 0 Å². The van der Waals surface area contributed by atoms with E-state index in [1.807, 2.05) is 48.5 Å². The summed E-state index contributed by atoms with van der Waals surface area (Å²) in [7, 11) is 0. The number of aryl methyl sites for hydroxylation is 1.